The fraction of sp³-hybridized carbons (Fsp3) is 0.143. The van der Waals surface area contributed by atoms with E-state index in [4.69, 9.17) is 69.6 Å². The van der Waals surface area contributed by atoms with Gasteiger partial charge in [0.05, 0.1) is 20.1 Å². The highest BCUT2D eigenvalue weighted by Gasteiger charge is 2.10. The van der Waals surface area contributed by atoms with E-state index in [9.17, 15) is 0 Å². The molecule has 0 amide bonds. The Morgan fingerprint density at radius 2 is 1.00 bits per heavy atom. The molecule has 0 bridgehead atoms. The predicted octanol–water partition coefficient (Wildman–Crippen LogP) is 8.04. The van der Waals surface area contributed by atoms with Gasteiger partial charge in [0.15, 0.2) is 0 Å². The van der Waals surface area contributed by atoms with Gasteiger partial charge in [-0.1, -0.05) is 69.6 Å². The van der Waals surface area contributed by atoms with Crippen LogP contribution in [0.4, 0.5) is 0 Å². The normalized spacial score (nSPS) is 11.0. The van der Waals surface area contributed by atoms with Gasteiger partial charge in [0.2, 0.25) is 0 Å². The lowest BCUT2D eigenvalue weighted by atomic mass is 10.2. The van der Waals surface area contributed by atoms with Gasteiger partial charge in [0.25, 0.3) is 0 Å². The number of hydrogen-bond acceptors (Lipinski definition) is 1. The Balaban J connectivity index is 2.09. The molecule has 0 heterocycles. The molecule has 0 radical (unpaired) electrons. The van der Waals surface area contributed by atoms with Crippen molar-refractivity contribution in [2.75, 3.05) is 0 Å². The van der Waals surface area contributed by atoms with Crippen LogP contribution in [0.5, 0.6) is 0 Å². The maximum absolute atomic E-state index is 6.16. The number of benzene rings is 2. The molecule has 0 fully saturated rings. The van der Waals surface area contributed by atoms with Crippen LogP contribution in [0.1, 0.15) is 11.1 Å². The minimum Gasteiger partial charge on any atom is -0.152 e. The average Bonchev–Trinajstić information content (AvgIpc) is 2.40. The topological polar surface area (TPSA) is 0 Å². The number of halogens is 6. The molecule has 112 valence electrons. The SMILES string of the molecule is Clc1cc(Cl)c(Cl)c(CSCc2cc(Cl)cc(Cl)c2Cl)c1. The summed E-state index contributed by atoms with van der Waals surface area (Å²) in [5.41, 5.74) is 1.76. The van der Waals surface area contributed by atoms with Crippen molar-refractivity contribution in [3.8, 4) is 0 Å². The summed E-state index contributed by atoms with van der Waals surface area (Å²) in [6.45, 7) is 0. The van der Waals surface area contributed by atoms with Crippen molar-refractivity contribution in [3.63, 3.8) is 0 Å². The van der Waals surface area contributed by atoms with Gasteiger partial charge in [-0.25, -0.2) is 0 Å². The standard InChI is InChI=1S/C14H8Cl6S/c15-9-1-7(13(19)11(17)3-9)5-21-6-8-2-10(16)4-12(18)14(8)20/h1-4H,5-6H2. The Hall–Kier alpha value is 0.530. The zero-order chi connectivity index (χ0) is 15.6. The van der Waals surface area contributed by atoms with Gasteiger partial charge in [0.1, 0.15) is 0 Å². The molecule has 0 aromatic heterocycles. The Labute approximate surface area is 157 Å². The summed E-state index contributed by atoms with van der Waals surface area (Å²) in [4.78, 5) is 0. The van der Waals surface area contributed by atoms with Crippen molar-refractivity contribution >= 4 is 81.4 Å². The summed E-state index contributed by atoms with van der Waals surface area (Å²) in [7, 11) is 0. The van der Waals surface area contributed by atoms with E-state index in [2.05, 4.69) is 0 Å². The van der Waals surface area contributed by atoms with E-state index >= 15 is 0 Å². The molecule has 0 aliphatic heterocycles. The molecule has 0 unspecified atom stereocenters. The highest BCUT2D eigenvalue weighted by atomic mass is 35.5. The van der Waals surface area contributed by atoms with E-state index in [0.29, 0.717) is 41.6 Å². The van der Waals surface area contributed by atoms with Crippen molar-refractivity contribution in [3.05, 3.63) is 65.5 Å². The third kappa shape index (κ3) is 4.75. The maximum atomic E-state index is 6.16. The number of rotatable bonds is 4. The quantitative estimate of drug-likeness (QED) is 0.451. The van der Waals surface area contributed by atoms with Crippen LogP contribution >= 0.6 is 81.4 Å². The first-order valence-corrected chi connectivity index (χ1v) is 9.15. The third-order valence-corrected chi connectivity index (χ3v) is 5.80. The maximum Gasteiger partial charge on any atom is 0.0633 e. The number of hydrogen-bond donors (Lipinski definition) is 0. The lowest BCUT2D eigenvalue weighted by Crippen LogP contribution is -1.88. The van der Waals surface area contributed by atoms with Gasteiger partial charge in [0, 0.05) is 21.6 Å². The van der Waals surface area contributed by atoms with Crippen molar-refractivity contribution in [1.29, 1.82) is 0 Å². The van der Waals surface area contributed by atoms with Gasteiger partial charge < -0.3 is 0 Å². The Morgan fingerprint density at radius 1 is 0.619 bits per heavy atom. The minimum absolute atomic E-state index is 0.448. The van der Waals surface area contributed by atoms with E-state index in [1.165, 1.54) is 0 Å². The summed E-state index contributed by atoms with van der Waals surface area (Å²) in [5.74, 6) is 1.30. The van der Waals surface area contributed by atoms with Gasteiger partial charge in [-0.2, -0.15) is 11.8 Å². The fourth-order valence-corrected chi connectivity index (χ4v) is 4.28. The Bertz CT molecular complexity index is 613. The summed E-state index contributed by atoms with van der Waals surface area (Å²) in [6, 6.07) is 6.84. The van der Waals surface area contributed by atoms with Gasteiger partial charge in [-0.15, -0.1) is 0 Å². The molecule has 7 heteroatoms. The molecule has 0 spiro atoms. The Morgan fingerprint density at radius 3 is 1.38 bits per heavy atom. The number of thioether (sulfide) groups is 1. The first-order valence-electron chi connectivity index (χ1n) is 5.73. The van der Waals surface area contributed by atoms with E-state index in [-0.39, 0.29) is 0 Å². The molecule has 0 aliphatic carbocycles. The first kappa shape index (κ1) is 17.9. The van der Waals surface area contributed by atoms with E-state index in [1.807, 2.05) is 0 Å². The van der Waals surface area contributed by atoms with Gasteiger partial charge in [-0.3, -0.25) is 0 Å². The smallest absolute Gasteiger partial charge is 0.0633 e. The summed E-state index contributed by atoms with van der Waals surface area (Å²) < 4.78 is 0. The van der Waals surface area contributed by atoms with Gasteiger partial charge in [-0.05, 0) is 35.4 Å². The lowest BCUT2D eigenvalue weighted by molar-refractivity contribution is 1.36. The largest absolute Gasteiger partial charge is 0.152 e. The molecule has 0 aliphatic rings. The molecule has 0 saturated heterocycles. The van der Waals surface area contributed by atoms with E-state index in [0.717, 1.165) is 11.1 Å². The van der Waals surface area contributed by atoms with Crippen molar-refractivity contribution in [2.24, 2.45) is 0 Å². The van der Waals surface area contributed by atoms with Crippen molar-refractivity contribution in [1.82, 2.24) is 0 Å². The van der Waals surface area contributed by atoms with Crippen molar-refractivity contribution < 1.29 is 0 Å². The predicted molar refractivity (Wildman–Crippen MR) is 97.9 cm³/mol. The van der Waals surface area contributed by atoms with Crippen LogP contribution in [-0.4, -0.2) is 0 Å². The van der Waals surface area contributed by atoms with Crippen LogP contribution < -0.4 is 0 Å². The molecule has 0 saturated carbocycles. The van der Waals surface area contributed by atoms with E-state index < -0.39 is 0 Å². The molecule has 2 aromatic rings. The molecule has 21 heavy (non-hydrogen) atoms. The fourth-order valence-electron chi connectivity index (χ4n) is 1.70. The van der Waals surface area contributed by atoms with Crippen molar-refractivity contribution in [2.45, 2.75) is 11.5 Å². The van der Waals surface area contributed by atoms with Crippen LogP contribution in [0.2, 0.25) is 30.1 Å². The monoisotopic (exact) mass is 418 g/mol. The highest BCUT2D eigenvalue weighted by Crippen LogP contribution is 2.35. The highest BCUT2D eigenvalue weighted by molar-refractivity contribution is 7.97. The van der Waals surface area contributed by atoms with Gasteiger partial charge >= 0.3 is 0 Å². The molecule has 0 N–H and O–H groups in total. The molecule has 2 rings (SSSR count). The third-order valence-electron chi connectivity index (χ3n) is 2.65. The second kappa shape index (κ2) is 7.88. The molecule has 0 nitrogen and oxygen atoms in total. The van der Waals surface area contributed by atoms with Crippen LogP contribution in [0.3, 0.4) is 0 Å². The zero-order valence-electron chi connectivity index (χ0n) is 10.4. The van der Waals surface area contributed by atoms with Crippen LogP contribution in [0.15, 0.2) is 24.3 Å². The summed E-state index contributed by atoms with van der Waals surface area (Å²) >= 11 is 37.9. The second-order valence-electron chi connectivity index (χ2n) is 4.21. The average molecular weight is 421 g/mol. The molecular formula is C14H8Cl6S. The summed E-state index contributed by atoms with van der Waals surface area (Å²) in [5, 5.41) is 3.05. The first-order chi connectivity index (χ1) is 9.88. The Kier molecular flexibility index (Phi) is 6.71. The minimum atomic E-state index is 0.448. The molecule has 2 aromatic carbocycles. The van der Waals surface area contributed by atoms with Crippen LogP contribution in [0.25, 0.3) is 0 Å². The lowest BCUT2D eigenvalue weighted by Gasteiger charge is -2.09. The molecular weight excluding hydrogens is 413 g/mol. The zero-order valence-corrected chi connectivity index (χ0v) is 15.8. The van der Waals surface area contributed by atoms with E-state index in [1.54, 1.807) is 36.0 Å². The van der Waals surface area contributed by atoms with Crippen LogP contribution in [0, 0.1) is 0 Å². The molecule has 0 atom stereocenters. The summed E-state index contributed by atoms with van der Waals surface area (Å²) in [6.07, 6.45) is 0. The van der Waals surface area contributed by atoms with Crippen LogP contribution in [-0.2, 0) is 11.5 Å². The second-order valence-corrected chi connectivity index (χ2v) is 7.64.